The molecule has 2 rings (SSSR count). The van der Waals surface area contributed by atoms with Gasteiger partial charge in [0.15, 0.2) is 0 Å². The zero-order chi connectivity index (χ0) is 11.4. The summed E-state index contributed by atoms with van der Waals surface area (Å²) in [6.45, 7) is 1.54. The molecule has 0 bridgehead atoms. The lowest BCUT2D eigenvalue weighted by atomic mass is 10.3. The van der Waals surface area contributed by atoms with E-state index in [0.29, 0.717) is 6.54 Å². The normalized spacial score (nSPS) is 10.6. The Morgan fingerprint density at radius 2 is 2.31 bits per heavy atom. The van der Waals surface area contributed by atoms with E-state index in [-0.39, 0.29) is 0 Å². The van der Waals surface area contributed by atoms with E-state index in [0.717, 1.165) is 22.4 Å². The van der Waals surface area contributed by atoms with Crippen molar-refractivity contribution >= 4 is 33.0 Å². The van der Waals surface area contributed by atoms with Gasteiger partial charge in [0.2, 0.25) is 0 Å². The molecular formula is C11H12BrN3S. The van der Waals surface area contributed by atoms with Crippen molar-refractivity contribution in [1.29, 1.82) is 0 Å². The van der Waals surface area contributed by atoms with Crippen LogP contribution in [-0.2, 0) is 13.1 Å². The number of nitrogens with two attached hydrogens (primary N) is 1. The first kappa shape index (κ1) is 11.6. The fourth-order valence-corrected chi connectivity index (χ4v) is 2.77. The van der Waals surface area contributed by atoms with Gasteiger partial charge in [-0.05, 0) is 34.1 Å². The number of nitrogens with one attached hydrogen (secondary N) is 1. The second-order valence-electron chi connectivity index (χ2n) is 3.37. The van der Waals surface area contributed by atoms with Crippen molar-refractivity contribution in [3.05, 3.63) is 44.8 Å². The summed E-state index contributed by atoms with van der Waals surface area (Å²) in [5.74, 6) is 0. The van der Waals surface area contributed by atoms with Crippen molar-refractivity contribution in [3.63, 3.8) is 0 Å². The molecule has 3 nitrogen and oxygen atoms in total. The van der Waals surface area contributed by atoms with Gasteiger partial charge in [0.05, 0.1) is 11.4 Å². The number of halogens is 1. The number of aromatic nitrogens is 1. The summed E-state index contributed by atoms with van der Waals surface area (Å²) >= 11 is 5.16. The van der Waals surface area contributed by atoms with Gasteiger partial charge in [0.1, 0.15) is 0 Å². The van der Waals surface area contributed by atoms with E-state index in [9.17, 15) is 0 Å². The Labute approximate surface area is 107 Å². The van der Waals surface area contributed by atoms with E-state index >= 15 is 0 Å². The second kappa shape index (κ2) is 5.43. The van der Waals surface area contributed by atoms with Crippen LogP contribution >= 0.6 is 27.3 Å². The summed E-state index contributed by atoms with van der Waals surface area (Å²) in [5.41, 5.74) is 7.44. The molecule has 0 atom stereocenters. The van der Waals surface area contributed by atoms with Gasteiger partial charge in [-0.2, -0.15) is 0 Å². The summed E-state index contributed by atoms with van der Waals surface area (Å²) in [4.78, 5) is 5.51. The number of pyridine rings is 1. The van der Waals surface area contributed by atoms with E-state index in [1.807, 2.05) is 12.1 Å². The fraction of sp³-hybridized carbons (Fsp3) is 0.182. The molecule has 0 aromatic carbocycles. The fourth-order valence-electron chi connectivity index (χ4n) is 1.35. The molecule has 0 aliphatic heterocycles. The molecule has 2 aromatic rings. The number of rotatable bonds is 4. The molecule has 5 heteroatoms. The van der Waals surface area contributed by atoms with Crippen LogP contribution in [0.1, 0.15) is 10.6 Å². The van der Waals surface area contributed by atoms with Gasteiger partial charge in [-0.1, -0.05) is 0 Å². The molecule has 0 spiro atoms. The lowest BCUT2D eigenvalue weighted by Gasteiger charge is -2.04. The van der Waals surface area contributed by atoms with Crippen LogP contribution in [0, 0.1) is 0 Å². The van der Waals surface area contributed by atoms with Crippen LogP contribution in [0.5, 0.6) is 0 Å². The standard InChI is InChI=1S/C11H12BrN3S/c12-8-4-9(16-7-8)5-14-6-11-10(13)2-1-3-15-11/h1-4,7,14H,5-6,13H2. The van der Waals surface area contributed by atoms with Gasteiger partial charge in [0, 0.05) is 34.0 Å². The molecule has 0 aliphatic carbocycles. The minimum atomic E-state index is 0.697. The molecule has 0 saturated carbocycles. The van der Waals surface area contributed by atoms with E-state index < -0.39 is 0 Å². The van der Waals surface area contributed by atoms with Gasteiger partial charge in [-0.3, -0.25) is 4.98 Å². The third-order valence-corrected chi connectivity index (χ3v) is 3.84. The largest absolute Gasteiger partial charge is 0.397 e. The van der Waals surface area contributed by atoms with Gasteiger partial charge >= 0.3 is 0 Å². The van der Waals surface area contributed by atoms with Crippen molar-refractivity contribution in [3.8, 4) is 0 Å². The Morgan fingerprint density at radius 1 is 1.44 bits per heavy atom. The highest BCUT2D eigenvalue weighted by Gasteiger charge is 2.00. The van der Waals surface area contributed by atoms with Crippen molar-refractivity contribution in [2.45, 2.75) is 13.1 Å². The van der Waals surface area contributed by atoms with Gasteiger partial charge < -0.3 is 11.1 Å². The SMILES string of the molecule is Nc1cccnc1CNCc1cc(Br)cs1. The van der Waals surface area contributed by atoms with Crippen LogP contribution in [0.4, 0.5) is 5.69 Å². The Kier molecular flexibility index (Phi) is 3.93. The number of thiophene rings is 1. The zero-order valence-corrected chi connectivity index (χ0v) is 11.0. The number of nitrogen functional groups attached to an aromatic ring is 1. The van der Waals surface area contributed by atoms with Crippen molar-refractivity contribution in [1.82, 2.24) is 10.3 Å². The highest BCUT2D eigenvalue weighted by molar-refractivity contribution is 9.10. The molecule has 2 heterocycles. The maximum Gasteiger partial charge on any atom is 0.0770 e. The number of nitrogens with zero attached hydrogens (tertiary/aromatic N) is 1. The summed E-state index contributed by atoms with van der Waals surface area (Å²) < 4.78 is 1.13. The molecule has 0 aliphatic rings. The van der Waals surface area contributed by atoms with Crippen molar-refractivity contribution < 1.29 is 0 Å². The lowest BCUT2D eigenvalue weighted by molar-refractivity contribution is 0.688. The third-order valence-electron chi connectivity index (χ3n) is 2.14. The number of hydrogen-bond acceptors (Lipinski definition) is 4. The predicted molar refractivity (Wildman–Crippen MR) is 71.2 cm³/mol. The van der Waals surface area contributed by atoms with Crippen LogP contribution in [0.15, 0.2) is 34.2 Å². The van der Waals surface area contributed by atoms with Crippen LogP contribution in [-0.4, -0.2) is 4.98 Å². The monoisotopic (exact) mass is 297 g/mol. The minimum Gasteiger partial charge on any atom is -0.397 e. The Morgan fingerprint density at radius 3 is 3.00 bits per heavy atom. The molecule has 0 saturated heterocycles. The smallest absolute Gasteiger partial charge is 0.0770 e. The number of hydrogen-bond donors (Lipinski definition) is 2. The third kappa shape index (κ3) is 3.04. The molecule has 84 valence electrons. The van der Waals surface area contributed by atoms with E-state index in [1.165, 1.54) is 4.88 Å². The highest BCUT2D eigenvalue weighted by atomic mass is 79.9. The molecule has 16 heavy (non-hydrogen) atoms. The Hall–Kier alpha value is -0.910. The maximum atomic E-state index is 5.80. The van der Waals surface area contributed by atoms with Crippen LogP contribution in [0.3, 0.4) is 0 Å². The lowest BCUT2D eigenvalue weighted by Crippen LogP contribution is -2.14. The van der Waals surface area contributed by atoms with Crippen LogP contribution < -0.4 is 11.1 Å². The van der Waals surface area contributed by atoms with Crippen LogP contribution in [0.25, 0.3) is 0 Å². The molecular weight excluding hydrogens is 286 g/mol. The van der Waals surface area contributed by atoms with E-state index in [4.69, 9.17) is 5.73 Å². The predicted octanol–water partition coefficient (Wildman–Crippen LogP) is 2.78. The summed E-state index contributed by atoms with van der Waals surface area (Å²) in [6.07, 6.45) is 1.76. The summed E-state index contributed by atoms with van der Waals surface area (Å²) in [5, 5.41) is 5.39. The molecule has 0 fully saturated rings. The van der Waals surface area contributed by atoms with Crippen molar-refractivity contribution in [2.75, 3.05) is 5.73 Å². The highest BCUT2D eigenvalue weighted by Crippen LogP contribution is 2.19. The van der Waals surface area contributed by atoms with E-state index in [2.05, 4.69) is 37.7 Å². The van der Waals surface area contributed by atoms with Crippen molar-refractivity contribution in [2.24, 2.45) is 0 Å². The topological polar surface area (TPSA) is 50.9 Å². The maximum absolute atomic E-state index is 5.80. The molecule has 0 unspecified atom stereocenters. The molecule has 0 radical (unpaired) electrons. The van der Waals surface area contributed by atoms with Gasteiger partial charge in [-0.25, -0.2) is 0 Å². The average Bonchev–Trinajstić information content (AvgIpc) is 2.67. The number of anilines is 1. The van der Waals surface area contributed by atoms with Gasteiger partial charge in [-0.15, -0.1) is 11.3 Å². The molecule has 3 N–H and O–H groups in total. The first-order valence-electron chi connectivity index (χ1n) is 4.88. The summed E-state index contributed by atoms with van der Waals surface area (Å²) in [7, 11) is 0. The quantitative estimate of drug-likeness (QED) is 0.912. The zero-order valence-electron chi connectivity index (χ0n) is 8.61. The first-order chi connectivity index (χ1) is 7.75. The molecule has 2 aromatic heterocycles. The minimum absolute atomic E-state index is 0.697. The summed E-state index contributed by atoms with van der Waals surface area (Å²) in [6, 6.07) is 5.82. The second-order valence-corrected chi connectivity index (χ2v) is 5.29. The molecule has 0 amide bonds. The van der Waals surface area contributed by atoms with E-state index in [1.54, 1.807) is 17.5 Å². The Balaban J connectivity index is 1.87. The first-order valence-corrected chi connectivity index (χ1v) is 6.56. The van der Waals surface area contributed by atoms with Crippen LogP contribution in [0.2, 0.25) is 0 Å². The average molecular weight is 298 g/mol. The van der Waals surface area contributed by atoms with Gasteiger partial charge in [0.25, 0.3) is 0 Å². The Bertz CT molecular complexity index is 470.